The van der Waals surface area contributed by atoms with Gasteiger partial charge in [-0.25, -0.2) is 9.97 Å². The smallest absolute Gasteiger partial charge is 0.163 e. The maximum atomic E-state index is 6.32. The molecule has 1 unspecified atom stereocenters. The van der Waals surface area contributed by atoms with Crippen LogP contribution >= 0.6 is 22.9 Å². The maximum absolute atomic E-state index is 6.32. The first-order valence-corrected chi connectivity index (χ1v) is 11.4. The quantitative estimate of drug-likeness (QED) is 0.389. The van der Waals surface area contributed by atoms with E-state index in [1.165, 1.54) is 22.4 Å². The number of fused-ring (bicyclic) bond motifs is 6. The summed E-state index contributed by atoms with van der Waals surface area (Å²) in [5.41, 5.74) is 4.84. The molecule has 154 valence electrons. The highest BCUT2D eigenvalue weighted by molar-refractivity contribution is 7.19. The molecule has 1 aromatic carbocycles. The number of hydrogen-bond acceptors (Lipinski definition) is 6. The molecule has 7 heteroatoms. The average molecular weight is 447 g/mol. The first-order valence-electron chi connectivity index (χ1n) is 10.2. The van der Waals surface area contributed by atoms with Crippen molar-refractivity contribution in [1.29, 1.82) is 0 Å². The number of allylic oxidation sites excluding steroid dienone is 2. The first kappa shape index (κ1) is 18.8. The molecule has 0 radical (unpaired) electrons. The lowest BCUT2D eigenvalue weighted by Gasteiger charge is -2.26. The van der Waals surface area contributed by atoms with Gasteiger partial charge in [0.2, 0.25) is 0 Å². The summed E-state index contributed by atoms with van der Waals surface area (Å²) in [6.07, 6.45) is 8.30. The summed E-state index contributed by atoms with van der Waals surface area (Å²) in [6.45, 7) is 0.610. The zero-order valence-electron chi connectivity index (χ0n) is 16.9. The molecule has 0 aliphatic heterocycles. The molecule has 0 amide bonds. The zero-order chi connectivity index (χ0) is 20.9. The largest absolute Gasteiger partial charge is 0.495 e. The van der Waals surface area contributed by atoms with Crippen LogP contribution in [0.15, 0.2) is 48.8 Å². The normalized spacial score (nSPS) is 16.5. The van der Waals surface area contributed by atoms with Gasteiger partial charge in [-0.1, -0.05) is 23.7 Å². The van der Waals surface area contributed by atoms with E-state index < -0.39 is 0 Å². The summed E-state index contributed by atoms with van der Waals surface area (Å²) in [4.78, 5) is 16.5. The molecule has 0 spiro atoms. The SMILES string of the molecule is COc1ccc(CNc2nc(-c3ccncc3)nc3sc4c(c23)C2=CCCC24)cc1Cl. The molecule has 0 fully saturated rings. The standard InChI is InChI=1S/C24H19ClN4OS/c1-30-18-6-5-13(11-17(18)25)12-27-23-20-19-15-3-2-4-16(15)21(19)31-24(20)29-22(28-23)14-7-9-26-10-8-14/h3,5-11,16H,2,4,12H2,1H3,(H,27,28,29). The van der Waals surface area contributed by atoms with Crippen LogP contribution in [-0.4, -0.2) is 22.1 Å². The molecule has 0 bridgehead atoms. The Balaban J connectivity index is 1.44. The summed E-state index contributed by atoms with van der Waals surface area (Å²) in [6, 6.07) is 9.72. The van der Waals surface area contributed by atoms with Gasteiger partial charge < -0.3 is 10.1 Å². The molecule has 1 atom stereocenters. The number of thiophene rings is 1. The summed E-state index contributed by atoms with van der Waals surface area (Å²) >= 11 is 8.13. The summed E-state index contributed by atoms with van der Waals surface area (Å²) < 4.78 is 5.27. The van der Waals surface area contributed by atoms with Crippen molar-refractivity contribution in [3.63, 3.8) is 0 Å². The second kappa shape index (κ2) is 7.32. The van der Waals surface area contributed by atoms with E-state index in [1.807, 2.05) is 41.7 Å². The predicted molar refractivity (Wildman–Crippen MR) is 126 cm³/mol. The molecule has 4 aromatic rings. The first-order chi connectivity index (χ1) is 15.2. The van der Waals surface area contributed by atoms with E-state index in [1.54, 1.807) is 19.5 Å². The number of hydrogen-bond donors (Lipinski definition) is 1. The van der Waals surface area contributed by atoms with Gasteiger partial charge in [-0.2, -0.15) is 0 Å². The molecule has 0 saturated carbocycles. The van der Waals surface area contributed by atoms with Crippen LogP contribution < -0.4 is 10.1 Å². The Morgan fingerprint density at radius 1 is 1.19 bits per heavy atom. The second-order valence-corrected chi connectivity index (χ2v) is 9.20. The number of rotatable bonds is 5. The van der Waals surface area contributed by atoms with Gasteiger partial charge in [0.05, 0.1) is 17.5 Å². The van der Waals surface area contributed by atoms with Crippen LogP contribution in [0.2, 0.25) is 5.02 Å². The van der Waals surface area contributed by atoms with Gasteiger partial charge in [0, 0.05) is 40.9 Å². The third-order valence-electron chi connectivity index (χ3n) is 5.99. The fourth-order valence-electron chi connectivity index (χ4n) is 4.49. The highest BCUT2D eigenvalue weighted by Crippen LogP contribution is 2.59. The number of methoxy groups -OCH3 is 1. The van der Waals surface area contributed by atoms with Crippen molar-refractivity contribution in [3.8, 4) is 17.1 Å². The van der Waals surface area contributed by atoms with Crippen LogP contribution in [0.4, 0.5) is 5.82 Å². The van der Waals surface area contributed by atoms with E-state index in [0.29, 0.717) is 29.1 Å². The number of ether oxygens (including phenoxy) is 1. The van der Waals surface area contributed by atoms with Crippen LogP contribution in [0.1, 0.15) is 34.8 Å². The lowest BCUT2D eigenvalue weighted by atomic mass is 9.80. The van der Waals surface area contributed by atoms with Crippen molar-refractivity contribution >= 4 is 44.5 Å². The van der Waals surface area contributed by atoms with Crippen LogP contribution in [0.25, 0.3) is 27.2 Å². The average Bonchev–Trinajstić information content (AvgIpc) is 3.35. The number of nitrogens with one attached hydrogen (secondary N) is 1. The third kappa shape index (κ3) is 3.01. The van der Waals surface area contributed by atoms with E-state index >= 15 is 0 Å². The van der Waals surface area contributed by atoms with Gasteiger partial charge in [0.25, 0.3) is 0 Å². The Kier molecular flexibility index (Phi) is 4.44. The molecule has 3 aromatic heterocycles. The second-order valence-electron chi connectivity index (χ2n) is 7.77. The van der Waals surface area contributed by atoms with Crippen molar-refractivity contribution in [2.24, 2.45) is 0 Å². The monoisotopic (exact) mass is 446 g/mol. The Hall–Kier alpha value is -2.96. The molecule has 0 saturated heterocycles. The Morgan fingerprint density at radius 2 is 2.06 bits per heavy atom. The van der Waals surface area contributed by atoms with Crippen LogP contribution in [0, 0.1) is 0 Å². The molecule has 3 heterocycles. The molecular weight excluding hydrogens is 428 g/mol. The number of halogens is 1. The number of aromatic nitrogens is 3. The van der Waals surface area contributed by atoms with E-state index in [0.717, 1.165) is 33.6 Å². The molecule has 31 heavy (non-hydrogen) atoms. The molecule has 2 aliphatic carbocycles. The molecule has 5 nitrogen and oxygen atoms in total. The van der Waals surface area contributed by atoms with Gasteiger partial charge in [-0.3, -0.25) is 4.98 Å². The lowest BCUT2D eigenvalue weighted by Crippen LogP contribution is -2.10. The number of anilines is 1. The van der Waals surface area contributed by atoms with Crippen LogP contribution in [-0.2, 0) is 6.54 Å². The number of benzene rings is 1. The maximum Gasteiger partial charge on any atom is 0.163 e. The topological polar surface area (TPSA) is 59.9 Å². The number of pyridine rings is 1. The molecule has 1 N–H and O–H groups in total. The Labute approximate surface area is 188 Å². The van der Waals surface area contributed by atoms with Crippen molar-refractivity contribution in [1.82, 2.24) is 15.0 Å². The van der Waals surface area contributed by atoms with Crippen molar-refractivity contribution in [2.45, 2.75) is 25.3 Å². The van der Waals surface area contributed by atoms with E-state index in [-0.39, 0.29) is 0 Å². The van der Waals surface area contributed by atoms with E-state index in [9.17, 15) is 0 Å². The van der Waals surface area contributed by atoms with E-state index in [2.05, 4.69) is 16.4 Å². The van der Waals surface area contributed by atoms with Crippen molar-refractivity contribution < 1.29 is 4.74 Å². The van der Waals surface area contributed by atoms with Gasteiger partial charge in [0.15, 0.2) is 5.82 Å². The minimum Gasteiger partial charge on any atom is -0.495 e. The van der Waals surface area contributed by atoms with Gasteiger partial charge in [-0.05, 0) is 48.2 Å². The molecule has 6 rings (SSSR count). The Bertz CT molecular complexity index is 1350. The number of nitrogens with zero attached hydrogens (tertiary/aromatic N) is 3. The summed E-state index contributed by atoms with van der Waals surface area (Å²) in [5, 5.41) is 5.30. The fraction of sp³-hybridized carbons (Fsp3) is 0.208. The van der Waals surface area contributed by atoms with Gasteiger partial charge in [-0.15, -0.1) is 11.3 Å². The van der Waals surface area contributed by atoms with Crippen molar-refractivity contribution in [3.05, 3.63) is 69.8 Å². The van der Waals surface area contributed by atoms with Crippen LogP contribution in [0.5, 0.6) is 5.75 Å². The fourth-order valence-corrected chi connectivity index (χ4v) is 6.12. The van der Waals surface area contributed by atoms with Gasteiger partial charge in [0.1, 0.15) is 16.4 Å². The van der Waals surface area contributed by atoms with Gasteiger partial charge >= 0.3 is 0 Å². The zero-order valence-corrected chi connectivity index (χ0v) is 18.4. The minimum absolute atomic E-state index is 0.590. The highest BCUT2D eigenvalue weighted by atomic mass is 35.5. The highest BCUT2D eigenvalue weighted by Gasteiger charge is 2.39. The molecule has 2 aliphatic rings. The lowest BCUT2D eigenvalue weighted by molar-refractivity contribution is 0.415. The Morgan fingerprint density at radius 3 is 2.87 bits per heavy atom. The van der Waals surface area contributed by atoms with E-state index in [4.69, 9.17) is 26.3 Å². The third-order valence-corrected chi connectivity index (χ3v) is 7.49. The minimum atomic E-state index is 0.590. The molecular formula is C24H19ClN4OS. The summed E-state index contributed by atoms with van der Waals surface area (Å²) in [5.74, 6) is 2.85. The van der Waals surface area contributed by atoms with Crippen LogP contribution in [0.3, 0.4) is 0 Å². The predicted octanol–water partition coefficient (Wildman–Crippen LogP) is 6.30. The summed E-state index contributed by atoms with van der Waals surface area (Å²) in [7, 11) is 1.62. The van der Waals surface area contributed by atoms with Crippen molar-refractivity contribution in [2.75, 3.05) is 12.4 Å².